The van der Waals surface area contributed by atoms with Crippen molar-refractivity contribution in [2.24, 2.45) is 0 Å². The van der Waals surface area contributed by atoms with E-state index < -0.39 is 0 Å². The molecule has 0 aliphatic carbocycles. The van der Waals surface area contributed by atoms with E-state index in [1.807, 2.05) is 44.2 Å². The van der Waals surface area contributed by atoms with Gasteiger partial charge in [-0.1, -0.05) is 47.3 Å². The third-order valence-corrected chi connectivity index (χ3v) is 5.27. The van der Waals surface area contributed by atoms with Crippen molar-refractivity contribution >= 4 is 22.7 Å². The Morgan fingerprint density at radius 1 is 1.04 bits per heavy atom. The van der Waals surface area contributed by atoms with E-state index in [1.54, 1.807) is 18.9 Å². The maximum absolute atomic E-state index is 5.38. The summed E-state index contributed by atoms with van der Waals surface area (Å²) in [5.41, 5.74) is 3.19. The molecular formula is C21H19N3O2S. The summed E-state index contributed by atoms with van der Waals surface area (Å²) >= 11 is 1.60. The third-order valence-electron chi connectivity index (χ3n) is 4.27. The van der Waals surface area contributed by atoms with Crippen molar-refractivity contribution in [3.8, 4) is 16.9 Å². The van der Waals surface area contributed by atoms with E-state index in [4.69, 9.17) is 14.2 Å². The molecule has 4 rings (SSSR count). The highest BCUT2D eigenvalue weighted by Gasteiger charge is 2.17. The molecule has 0 N–H and O–H groups in total. The number of fused-ring (bicyclic) bond motifs is 1. The third kappa shape index (κ3) is 3.66. The SMILES string of the molecule is COc1ccc2c(-c3ccccc3)cc(SC(C)c3nc(C)no3)nc2c1. The van der Waals surface area contributed by atoms with Crippen LogP contribution < -0.4 is 4.74 Å². The van der Waals surface area contributed by atoms with Crippen molar-refractivity contribution < 1.29 is 9.26 Å². The number of rotatable bonds is 5. The standard InChI is InChI=1S/C21H19N3O2S/c1-13(21-22-14(2)24-26-21)27-20-12-18(15-7-5-4-6-8-15)17-10-9-16(25-3)11-19(17)23-20/h4-13H,1-3H3. The van der Waals surface area contributed by atoms with E-state index in [9.17, 15) is 0 Å². The molecular weight excluding hydrogens is 358 g/mol. The molecule has 0 amide bonds. The lowest BCUT2D eigenvalue weighted by Gasteiger charge is -2.12. The Bertz CT molecular complexity index is 1080. The van der Waals surface area contributed by atoms with Gasteiger partial charge in [0.2, 0.25) is 5.89 Å². The molecule has 6 heteroatoms. The van der Waals surface area contributed by atoms with Crippen LogP contribution in [0.2, 0.25) is 0 Å². The van der Waals surface area contributed by atoms with Crippen LogP contribution in [-0.4, -0.2) is 22.2 Å². The zero-order chi connectivity index (χ0) is 18.8. The summed E-state index contributed by atoms with van der Waals surface area (Å²) in [6.45, 7) is 3.86. The Morgan fingerprint density at radius 2 is 1.85 bits per heavy atom. The van der Waals surface area contributed by atoms with Crippen LogP contribution >= 0.6 is 11.8 Å². The van der Waals surface area contributed by atoms with Crippen LogP contribution in [0.1, 0.15) is 23.9 Å². The van der Waals surface area contributed by atoms with Crippen LogP contribution in [0, 0.1) is 6.92 Å². The van der Waals surface area contributed by atoms with Gasteiger partial charge in [-0.15, -0.1) is 0 Å². The second-order valence-corrected chi connectivity index (χ2v) is 7.56. The van der Waals surface area contributed by atoms with Crippen LogP contribution in [-0.2, 0) is 0 Å². The fourth-order valence-electron chi connectivity index (χ4n) is 2.94. The zero-order valence-electron chi connectivity index (χ0n) is 15.3. The van der Waals surface area contributed by atoms with Crippen LogP contribution in [0.25, 0.3) is 22.0 Å². The molecule has 1 unspecified atom stereocenters. The van der Waals surface area contributed by atoms with Gasteiger partial charge in [0, 0.05) is 11.5 Å². The zero-order valence-corrected chi connectivity index (χ0v) is 16.2. The highest BCUT2D eigenvalue weighted by molar-refractivity contribution is 7.99. The molecule has 5 nitrogen and oxygen atoms in total. The number of thioether (sulfide) groups is 1. The monoisotopic (exact) mass is 377 g/mol. The quantitative estimate of drug-likeness (QED) is 0.431. The van der Waals surface area contributed by atoms with E-state index in [2.05, 4.69) is 34.4 Å². The first-order chi connectivity index (χ1) is 13.1. The number of hydrogen-bond donors (Lipinski definition) is 0. The Balaban J connectivity index is 1.80. The molecule has 1 atom stereocenters. The normalized spacial score (nSPS) is 12.3. The smallest absolute Gasteiger partial charge is 0.239 e. The lowest BCUT2D eigenvalue weighted by atomic mass is 10.0. The maximum Gasteiger partial charge on any atom is 0.239 e. The molecule has 4 aromatic rings. The van der Waals surface area contributed by atoms with Gasteiger partial charge in [0.15, 0.2) is 5.82 Å². The number of aryl methyl sites for hydroxylation is 1. The molecule has 0 fully saturated rings. The highest BCUT2D eigenvalue weighted by atomic mass is 32.2. The molecule has 0 bridgehead atoms. The van der Waals surface area contributed by atoms with Crippen molar-refractivity contribution in [3.05, 3.63) is 66.3 Å². The minimum absolute atomic E-state index is 0.00498. The molecule has 0 aliphatic rings. The largest absolute Gasteiger partial charge is 0.497 e. The minimum atomic E-state index is 0.00498. The molecule has 2 heterocycles. The Hall–Kier alpha value is -2.86. The lowest BCUT2D eigenvalue weighted by molar-refractivity contribution is 0.376. The number of ether oxygens (including phenoxy) is 1. The van der Waals surface area contributed by atoms with E-state index in [-0.39, 0.29) is 5.25 Å². The number of benzene rings is 2. The summed E-state index contributed by atoms with van der Waals surface area (Å²) in [6, 6.07) is 18.4. The maximum atomic E-state index is 5.38. The molecule has 0 spiro atoms. The second kappa shape index (κ2) is 7.40. The summed E-state index contributed by atoms with van der Waals surface area (Å²) in [7, 11) is 1.66. The number of pyridine rings is 1. The molecule has 0 saturated heterocycles. The molecule has 0 aliphatic heterocycles. The van der Waals surface area contributed by atoms with Gasteiger partial charge in [-0.05, 0) is 43.2 Å². The van der Waals surface area contributed by atoms with Crippen LogP contribution in [0.3, 0.4) is 0 Å². The first kappa shape index (κ1) is 17.5. The fraction of sp³-hybridized carbons (Fsp3) is 0.190. The lowest BCUT2D eigenvalue weighted by Crippen LogP contribution is -1.93. The molecule has 2 aromatic carbocycles. The van der Waals surface area contributed by atoms with Gasteiger partial charge in [-0.3, -0.25) is 0 Å². The van der Waals surface area contributed by atoms with Crippen molar-refractivity contribution in [1.82, 2.24) is 15.1 Å². The van der Waals surface area contributed by atoms with Crippen molar-refractivity contribution in [1.29, 1.82) is 0 Å². The van der Waals surface area contributed by atoms with Gasteiger partial charge < -0.3 is 9.26 Å². The molecule has 0 saturated carbocycles. The summed E-state index contributed by atoms with van der Waals surface area (Å²) in [4.78, 5) is 9.17. The fourth-order valence-corrected chi connectivity index (χ4v) is 3.83. The summed E-state index contributed by atoms with van der Waals surface area (Å²) in [5.74, 6) is 2.03. The Kier molecular flexibility index (Phi) is 4.81. The van der Waals surface area contributed by atoms with Gasteiger partial charge in [0.1, 0.15) is 5.75 Å². The van der Waals surface area contributed by atoms with E-state index in [0.717, 1.165) is 32.8 Å². The topological polar surface area (TPSA) is 61.0 Å². The molecule has 0 radical (unpaired) electrons. The van der Waals surface area contributed by atoms with Crippen LogP contribution in [0.4, 0.5) is 0 Å². The first-order valence-corrected chi connectivity index (χ1v) is 9.53. The summed E-state index contributed by atoms with van der Waals surface area (Å²) in [6.07, 6.45) is 0. The number of aromatic nitrogens is 3. The minimum Gasteiger partial charge on any atom is -0.497 e. The average Bonchev–Trinajstić information content (AvgIpc) is 3.14. The van der Waals surface area contributed by atoms with Crippen molar-refractivity contribution in [2.45, 2.75) is 24.1 Å². The van der Waals surface area contributed by atoms with Crippen molar-refractivity contribution in [3.63, 3.8) is 0 Å². The van der Waals surface area contributed by atoms with E-state index >= 15 is 0 Å². The van der Waals surface area contributed by atoms with Gasteiger partial charge in [0.05, 0.1) is 22.9 Å². The molecule has 2 aromatic heterocycles. The summed E-state index contributed by atoms with van der Waals surface area (Å²) < 4.78 is 10.7. The Labute approximate surface area is 161 Å². The number of hydrogen-bond acceptors (Lipinski definition) is 6. The van der Waals surface area contributed by atoms with Crippen LogP contribution in [0.5, 0.6) is 5.75 Å². The second-order valence-electron chi connectivity index (χ2n) is 6.20. The average molecular weight is 377 g/mol. The Morgan fingerprint density at radius 3 is 2.56 bits per heavy atom. The molecule has 136 valence electrons. The number of nitrogens with zero attached hydrogens (tertiary/aromatic N) is 3. The molecule has 27 heavy (non-hydrogen) atoms. The van der Waals surface area contributed by atoms with E-state index in [0.29, 0.717) is 11.7 Å². The van der Waals surface area contributed by atoms with Gasteiger partial charge in [0.25, 0.3) is 0 Å². The van der Waals surface area contributed by atoms with Gasteiger partial charge >= 0.3 is 0 Å². The van der Waals surface area contributed by atoms with E-state index in [1.165, 1.54) is 0 Å². The number of methoxy groups -OCH3 is 1. The van der Waals surface area contributed by atoms with Crippen LogP contribution in [0.15, 0.2) is 64.1 Å². The predicted molar refractivity (Wildman–Crippen MR) is 107 cm³/mol. The predicted octanol–water partition coefficient (Wildman–Crippen LogP) is 5.46. The highest BCUT2D eigenvalue weighted by Crippen LogP contribution is 2.38. The summed E-state index contributed by atoms with van der Waals surface area (Å²) in [5, 5.41) is 5.88. The first-order valence-electron chi connectivity index (χ1n) is 8.65. The van der Waals surface area contributed by atoms with Gasteiger partial charge in [-0.25, -0.2) is 4.98 Å². The van der Waals surface area contributed by atoms with Crippen molar-refractivity contribution in [2.75, 3.05) is 7.11 Å². The van der Waals surface area contributed by atoms with Gasteiger partial charge in [-0.2, -0.15) is 4.98 Å².